The van der Waals surface area contributed by atoms with E-state index in [1.807, 2.05) is 54.0 Å². The normalized spacial score (nSPS) is 17.0. The van der Waals surface area contributed by atoms with Crippen LogP contribution >= 0.6 is 0 Å². The highest BCUT2D eigenvalue weighted by Crippen LogP contribution is 2.40. The van der Waals surface area contributed by atoms with Gasteiger partial charge in [-0.1, -0.05) is 6.07 Å². The Morgan fingerprint density at radius 3 is 2.76 bits per heavy atom. The topological polar surface area (TPSA) is 120 Å². The van der Waals surface area contributed by atoms with Crippen molar-refractivity contribution >= 4 is 34.3 Å². The SMILES string of the molecule is Cc1ccc(NC(=O)c2cc(C3CC3)ccn2)cc1Nc1ncccc1-c1ncnc2c1ncn2C1CCCCO1. The van der Waals surface area contributed by atoms with Crippen LogP contribution in [0, 0.1) is 6.92 Å². The number of nitrogens with zero attached hydrogens (tertiary/aromatic N) is 6. The van der Waals surface area contributed by atoms with Gasteiger partial charge in [-0.05, 0) is 92.5 Å². The molecule has 41 heavy (non-hydrogen) atoms. The number of imidazole rings is 1. The Hall–Kier alpha value is -4.70. The molecule has 5 aromatic rings. The molecule has 1 atom stereocenters. The summed E-state index contributed by atoms with van der Waals surface area (Å²) in [6.07, 6.45) is 12.2. The highest BCUT2D eigenvalue weighted by atomic mass is 16.5. The summed E-state index contributed by atoms with van der Waals surface area (Å²) in [6, 6.07) is 13.5. The van der Waals surface area contributed by atoms with E-state index in [0.717, 1.165) is 48.3 Å². The maximum Gasteiger partial charge on any atom is 0.274 e. The van der Waals surface area contributed by atoms with Crippen LogP contribution in [0.3, 0.4) is 0 Å². The van der Waals surface area contributed by atoms with Gasteiger partial charge in [-0.15, -0.1) is 0 Å². The second kappa shape index (κ2) is 10.7. The molecule has 0 radical (unpaired) electrons. The number of hydrogen-bond acceptors (Lipinski definition) is 8. The molecule has 0 spiro atoms. The van der Waals surface area contributed by atoms with Crippen molar-refractivity contribution in [2.45, 2.75) is 51.2 Å². The van der Waals surface area contributed by atoms with Crippen molar-refractivity contribution in [1.29, 1.82) is 0 Å². The molecule has 7 rings (SSSR count). The van der Waals surface area contributed by atoms with E-state index in [9.17, 15) is 4.79 Å². The predicted octanol–water partition coefficient (Wildman–Crippen LogP) is 6.16. The van der Waals surface area contributed by atoms with Gasteiger partial charge >= 0.3 is 0 Å². The van der Waals surface area contributed by atoms with E-state index in [2.05, 4.69) is 35.6 Å². The average molecular weight is 547 g/mol. The molecule has 0 bridgehead atoms. The molecule has 10 nitrogen and oxygen atoms in total. The van der Waals surface area contributed by atoms with E-state index in [-0.39, 0.29) is 12.1 Å². The molecule has 4 aromatic heterocycles. The molecule has 1 saturated heterocycles. The zero-order valence-electron chi connectivity index (χ0n) is 22.7. The Labute approximate surface area is 237 Å². The van der Waals surface area contributed by atoms with Crippen molar-refractivity contribution in [3.63, 3.8) is 0 Å². The van der Waals surface area contributed by atoms with Crippen molar-refractivity contribution in [2.75, 3.05) is 17.2 Å². The van der Waals surface area contributed by atoms with Crippen LogP contribution in [0.5, 0.6) is 0 Å². The summed E-state index contributed by atoms with van der Waals surface area (Å²) in [6.45, 7) is 2.74. The van der Waals surface area contributed by atoms with Crippen LogP contribution in [0.25, 0.3) is 22.4 Å². The molecule has 1 aliphatic heterocycles. The van der Waals surface area contributed by atoms with E-state index in [1.165, 1.54) is 18.4 Å². The Kier molecular flexibility index (Phi) is 6.60. The molecule has 2 aliphatic rings. The first-order valence-electron chi connectivity index (χ1n) is 14.0. The minimum absolute atomic E-state index is 0.0741. The zero-order valence-corrected chi connectivity index (χ0v) is 22.7. The Morgan fingerprint density at radius 2 is 1.90 bits per heavy atom. The minimum Gasteiger partial charge on any atom is -0.358 e. The summed E-state index contributed by atoms with van der Waals surface area (Å²) in [7, 11) is 0. The summed E-state index contributed by atoms with van der Waals surface area (Å²) >= 11 is 0. The molecule has 1 saturated carbocycles. The number of carbonyl (C=O) groups excluding carboxylic acids is 1. The number of ether oxygens (including phenoxy) is 1. The van der Waals surface area contributed by atoms with E-state index in [1.54, 1.807) is 25.0 Å². The summed E-state index contributed by atoms with van der Waals surface area (Å²) in [4.78, 5) is 35.8. The third kappa shape index (κ3) is 5.14. The number of fused-ring (bicyclic) bond motifs is 1. The number of anilines is 3. The van der Waals surface area contributed by atoms with Gasteiger partial charge in [0, 0.05) is 35.9 Å². The first-order chi connectivity index (χ1) is 20.1. The lowest BCUT2D eigenvalue weighted by molar-refractivity contribution is -0.0298. The van der Waals surface area contributed by atoms with Crippen LogP contribution in [0.15, 0.2) is 67.5 Å². The molecule has 1 amide bonds. The molecule has 5 heterocycles. The van der Waals surface area contributed by atoms with Crippen LogP contribution in [-0.2, 0) is 4.74 Å². The molecule has 1 unspecified atom stereocenters. The first-order valence-corrected chi connectivity index (χ1v) is 14.0. The number of carbonyl (C=O) groups is 1. The van der Waals surface area contributed by atoms with Gasteiger partial charge in [0.25, 0.3) is 5.91 Å². The van der Waals surface area contributed by atoms with Crippen LogP contribution < -0.4 is 10.6 Å². The predicted molar refractivity (Wildman–Crippen MR) is 156 cm³/mol. The van der Waals surface area contributed by atoms with Gasteiger partial charge in [0.15, 0.2) is 5.65 Å². The van der Waals surface area contributed by atoms with Gasteiger partial charge in [0.1, 0.15) is 35.3 Å². The average Bonchev–Trinajstić information content (AvgIpc) is 3.78. The number of hydrogen-bond donors (Lipinski definition) is 2. The molecular formula is C31H30N8O2. The first kappa shape index (κ1) is 25.3. The molecule has 1 aliphatic carbocycles. The second-order valence-corrected chi connectivity index (χ2v) is 10.6. The van der Waals surface area contributed by atoms with Gasteiger partial charge in [-0.3, -0.25) is 14.3 Å². The van der Waals surface area contributed by atoms with E-state index < -0.39 is 0 Å². The number of aryl methyl sites for hydroxylation is 1. The molecule has 206 valence electrons. The molecular weight excluding hydrogens is 516 g/mol. The van der Waals surface area contributed by atoms with Crippen molar-refractivity contribution in [3.8, 4) is 11.3 Å². The van der Waals surface area contributed by atoms with Crippen molar-refractivity contribution in [1.82, 2.24) is 29.5 Å². The number of benzene rings is 1. The number of amides is 1. The zero-order chi connectivity index (χ0) is 27.8. The van der Waals surface area contributed by atoms with Crippen molar-refractivity contribution < 1.29 is 9.53 Å². The highest BCUT2D eigenvalue weighted by molar-refractivity contribution is 6.03. The minimum atomic E-state index is -0.235. The van der Waals surface area contributed by atoms with E-state index in [0.29, 0.717) is 34.3 Å². The number of rotatable bonds is 7. The summed E-state index contributed by atoms with van der Waals surface area (Å²) in [5.41, 5.74) is 6.97. The molecule has 1 aromatic carbocycles. The van der Waals surface area contributed by atoms with Crippen LogP contribution in [0.1, 0.15) is 65.9 Å². The standard InChI is InChI=1S/C31H30N8O2/c1-19-7-10-22(37-31(40)25-15-21(11-13-32-25)20-8-9-20)16-24(19)38-29-23(5-4-12-33-29)27-28-30(35-17-34-27)39(18-36-28)26-6-2-3-14-41-26/h4-5,7,10-13,15-18,20,26H,2-3,6,8-9,14H2,1H3,(H,33,38)(H,37,40). The van der Waals surface area contributed by atoms with Gasteiger partial charge in [0.05, 0.1) is 6.33 Å². The molecule has 2 N–H and O–H groups in total. The second-order valence-electron chi connectivity index (χ2n) is 10.6. The van der Waals surface area contributed by atoms with Gasteiger partial charge < -0.3 is 15.4 Å². The summed E-state index contributed by atoms with van der Waals surface area (Å²) < 4.78 is 7.98. The smallest absolute Gasteiger partial charge is 0.274 e. The van der Waals surface area contributed by atoms with E-state index >= 15 is 0 Å². The fraction of sp³-hybridized carbons (Fsp3) is 0.290. The maximum absolute atomic E-state index is 13.0. The van der Waals surface area contributed by atoms with Crippen molar-refractivity contribution in [3.05, 3.63) is 84.3 Å². The Balaban J connectivity index is 1.17. The van der Waals surface area contributed by atoms with Crippen LogP contribution in [0.4, 0.5) is 17.2 Å². The third-order valence-electron chi connectivity index (χ3n) is 7.70. The lowest BCUT2D eigenvalue weighted by Gasteiger charge is -2.23. The van der Waals surface area contributed by atoms with Crippen LogP contribution in [0.2, 0.25) is 0 Å². The fourth-order valence-corrected chi connectivity index (χ4v) is 5.30. The quantitative estimate of drug-likeness (QED) is 0.249. The Bertz CT molecular complexity index is 1740. The lowest BCUT2D eigenvalue weighted by atomic mass is 10.1. The molecule has 10 heteroatoms. The van der Waals surface area contributed by atoms with Gasteiger partial charge in [0.2, 0.25) is 0 Å². The number of aromatic nitrogens is 6. The summed E-state index contributed by atoms with van der Waals surface area (Å²) in [5.74, 6) is 0.945. The molecule has 2 fully saturated rings. The van der Waals surface area contributed by atoms with Crippen LogP contribution in [-0.4, -0.2) is 42.0 Å². The van der Waals surface area contributed by atoms with E-state index in [4.69, 9.17) is 4.74 Å². The summed E-state index contributed by atoms with van der Waals surface area (Å²) in [5, 5.41) is 6.46. The monoisotopic (exact) mass is 546 g/mol. The maximum atomic E-state index is 13.0. The third-order valence-corrected chi connectivity index (χ3v) is 7.70. The van der Waals surface area contributed by atoms with Crippen molar-refractivity contribution in [2.24, 2.45) is 0 Å². The number of nitrogens with one attached hydrogen (secondary N) is 2. The van der Waals surface area contributed by atoms with Gasteiger partial charge in [-0.2, -0.15) is 0 Å². The Morgan fingerprint density at radius 1 is 0.976 bits per heavy atom. The number of pyridine rings is 2. The highest BCUT2D eigenvalue weighted by Gasteiger charge is 2.25. The van der Waals surface area contributed by atoms with Gasteiger partial charge in [-0.25, -0.2) is 19.9 Å². The largest absolute Gasteiger partial charge is 0.358 e. The lowest BCUT2D eigenvalue weighted by Crippen LogP contribution is -2.17. The fourth-order valence-electron chi connectivity index (χ4n) is 5.30.